The molecule has 0 heterocycles. The molecule has 0 radical (unpaired) electrons. The van der Waals surface area contributed by atoms with Crippen LogP contribution in [0.3, 0.4) is 0 Å². The monoisotopic (exact) mass is 169 g/mol. The lowest BCUT2D eigenvalue weighted by Gasteiger charge is -2.27. The molecule has 3 heteroatoms. The Morgan fingerprint density at radius 1 is 1.50 bits per heavy atom. The van der Waals surface area contributed by atoms with Crippen LogP contribution in [0.2, 0.25) is 0 Å². The molecule has 70 valence electrons. The summed E-state index contributed by atoms with van der Waals surface area (Å²) in [5.41, 5.74) is 5.54. The van der Waals surface area contributed by atoms with Crippen molar-refractivity contribution in [2.75, 3.05) is 13.1 Å². The van der Waals surface area contributed by atoms with Gasteiger partial charge in [-0.25, -0.2) is 0 Å². The third-order valence-corrected chi connectivity index (χ3v) is 2.22. The van der Waals surface area contributed by atoms with Gasteiger partial charge in [-0.3, -0.25) is 4.90 Å². The number of likely N-dealkylation sites (N-methyl/N-ethyl adjacent to an activating group) is 1. The van der Waals surface area contributed by atoms with Crippen molar-refractivity contribution >= 4 is 0 Å². The van der Waals surface area contributed by atoms with Crippen LogP contribution in [-0.2, 0) is 0 Å². The van der Waals surface area contributed by atoms with Crippen molar-refractivity contribution in [1.82, 2.24) is 4.90 Å². The fraction of sp³-hybridized carbons (Fsp3) is 0.889. The third-order valence-electron chi connectivity index (χ3n) is 2.22. The summed E-state index contributed by atoms with van der Waals surface area (Å²) in [7, 11) is 0. The largest absolute Gasteiger partial charge is 0.315 e. The molecular weight excluding hydrogens is 150 g/mol. The Balaban J connectivity index is 3.92. The maximum absolute atomic E-state index is 8.53. The molecule has 3 nitrogen and oxygen atoms in total. The van der Waals surface area contributed by atoms with E-state index in [1.807, 2.05) is 6.07 Å². The van der Waals surface area contributed by atoms with Gasteiger partial charge >= 0.3 is 0 Å². The van der Waals surface area contributed by atoms with Gasteiger partial charge < -0.3 is 5.73 Å². The molecule has 0 amide bonds. The van der Waals surface area contributed by atoms with Gasteiger partial charge in [0.1, 0.15) is 6.04 Å². The predicted molar refractivity (Wildman–Crippen MR) is 50.6 cm³/mol. The Hall–Kier alpha value is -0.590. The van der Waals surface area contributed by atoms with E-state index in [1.54, 1.807) is 0 Å². The van der Waals surface area contributed by atoms with Crippen molar-refractivity contribution in [2.24, 2.45) is 5.73 Å². The predicted octanol–water partition coefficient (Wildman–Crippen LogP) is 0.958. The van der Waals surface area contributed by atoms with Crippen LogP contribution in [0, 0.1) is 11.3 Å². The van der Waals surface area contributed by atoms with Crippen molar-refractivity contribution in [2.45, 2.75) is 39.3 Å². The number of hydrogen-bond donors (Lipinski definition) is 1. The van der Waals surface area contributed by atoms with E-state index in [0.717, 1.165) is 13.0 Å². The average Bonchev–Trinajstić information content (AvgIpc) is 2.12. The van der Waals surface area contributed by atoms with Gasteiger partial charge in [0.05, 0.1) is 6.07 Å². The zero-order chi connectivity index (χ0) is 9.56. The number of rotatable bonds is 5. The van der Waals surface area contributed by atoms with E-state index in [4.69, 9.17) is 11.0 Å². The van der Waals surface area contributed by atoms with Crippen LogP contribution < -0.4 is 5.73 Å². The lowest BCUT2D eigenvalue weighted by Crippen LogP contribution is -2.41. The van der Waals surface area contributed by atoms with E-state index in [2.05, 4.69) is 25.7 Å². The minimum atomic E-state index is -0.348. The molecule has 0 aromatic carbocycles. The van der Waals surface area contributed by atoms with Gasteiger partial charge in [-0.1, -0.05) is 13.8 Å². The fourth-order valence-electron chi connectivity index (χ4n) is 1.17. The summed E-state index contributed by atoms with van der Waals surface area (Å²) in [5, 5.41) is 8.53. The molecule has 2 N–H and O–H groups in total. The minimum Gasteiger partial charge on any atom is -0.315 e. The fourth-order valence-corrected chi connectivity index (χ4v) is 1.17. The second-order valence-electron chi connectivity index (χ2n) is 3.08. The van der Waals surface area contributed by atoms with Crippen LogP contribution in [0.25, 0.3) is 0 Å². The summed E-state index contributed by atoms with van der Waals surface area (Å²) in [6, 6.07) is 2.22. The standard InChI is InChI=1S/C9H19N3/c1-4-8(3)12(5-2)7-9(11)6-10/h8-9H,4-5,7,11H2,1-3H3. The van der Waals surface area contributed by atoms with Crippen molar-refractivity contribution in [3.8, 4) is 6.07 Å². The van der Waals surface area contributed by atoms with Gasteiger partial charge in [-0.2, -0.15) is 5.26 Å². The van der Waals surface area contributed by atoms with Crippen molar-refractivity contribution in [3.05, 3.63) is 0 Å². The van der Waals surface area contributed by atoms with E-state index in [-0.39, 0.29) is 6.04 Å². The molecule has 12 heavy (non-hydrogen) atoms. The summed E-state index contributed by atoms with van der Waals surface area (Å²) >= 11 is 0. The summed E-state index contributed by atoms with van der Waals surface area (Å²) in [6.07, 6.45) is 1.10. The highest BCUT2D eigenvalue weighted by Crippen LogP contribution is 2.02. The lowest BCUT2D eigenvalue weighted by molar-refractivity contribution is 0.211. The molecule has 2 atom stereocenters. The minimum absolute atomic E-state index is 0.348. The highest BCUT2D eigenvalue weighted by Gasteiger charge is 2.12. The molecule has 0 bridgehead atoms. The van der Waals surface area contributed by atoms with Gasteiger partial charge in [-0.05, 0) is 19.9 Å². The van der Waals surface area contributed by atoms with E-state index >= 15 is 0 Å². The zero-order valence-corrected chi connectivity index (χ0v) is 8.25. The Morgan fingerprint density at radius 2 is 2.08 bits per heavy atom. The number of nitrogens with zero attached hydrogens (tertiary/aromatic N) is 2. The van der Waals surface area contributed by atoms with Crippen molar-refractivity contribution in [3.63, 3.8) is 0 Å². The van der Waals surface area contributed by atoms with Gasteiger partial charge in [0.2, 0.25) is 0 Å². The molecule has 0 saturated heterocycles. The molecule has 0 aliphatic rings. The highest BCUT2D eigenvalue weighted by molar-refractivity contribution is 4.89. The van der Waals surface area contributed by atoms with Crippen LogP contribution in [0.1, 0.15) is 27.2 Å². The van der Waals surface area contributed by atoms with E-state index in [1.165, 1.54) is 0 Å². The van der Waals surface area contributed by atoms with Crippen LogP contribution in [0.5, 0.6) is 0 Å². The number of nitrogens with two attached hydrogens (primary N) is 1. The molecule has 0 fully saturated rings. The average molecular weight is 169 g/mol. The van der Waals surface area contributed by atoms with Crippen molar-refractivity contribution in [1.29, 1.82) is 5.26 Å². The Labute approximate surface area is 75.2 Å². The molecule has 0 aliphatic heterocycles. The number of nitriles is 1. The quantitative estimate of drug-likeness (QED) is 0.667. The summed E-state index contributed by atoms with van der Waals surface area (Å²) in [6.45, 7) is 8.04. The molecule has 0 rings (SSSR count). The molecule has 0 aromatic rings. The molecule has 0 spiro atoms. The Morgan fingerprint density at radius 3 is 2.42 bits per heavy atom. The molecule has 0 aliphatic carbocycles. The second kappa shape index (κ2) is 5.99. The summed E-state index contributed by atoms with van der Waals surface area (Å²) < 4.78 is 0. The Kier molecular flexibility index (Phi) is 5.69. The maximum Gasteiger partial charge on any atom is 0.106 e. The molecule has 2 unspecified atom stereocenters. The first-order chi connectivity index (χ1) is 5.65. The van der Waals surface area contributed by atoms with Crippen LogP contribution in [0.4, 0.5) is 0 Å². The molecule has 0 aromatic heterocycles. The van der Waals surface area contributed by atoms with Crippen molar-refractivity contribution < 1.29 is 0 Å². The normalized spacial score (nSPS) is 15.7. The van der Waals surface area contributed by atoms with Gasteiger partial charge in [0.25, 0.3) is 0 Å². The van der Waals surface area contributed by atoms with Gasteiger partial charge in [-0.15, -0.1) is 0 Å². The lowest BCUT2D eigenvalue weighted by atomic mass is 10.2. The number of hydrogen-bond acceptors (Lipinski definition) is 3. The summed E-state index contributed by atoms with van der Waals surface area (Å²) in [4.78, 5) is 2.23. The third kappa shape index (κ3) is 3.70. The van der Waals surface area contributed by atoms with E-state index < -0.39 is 0 Å². The van der Waals surface area contributed by atoms with Gasteiger partial charge in [0.15, 0.2) is 0 Å². The smallest absolute Gasteiger partial charge is 0.106 e. The first-order valence-corrected chi connectivity index (χ1v) is 4.54. The first-order valence-electron chi connectivity index (χ1n) is 4.54. The van der Waals surface area contributed by atoms with E-state index in [9.17, 15) is 0 Å². The molecule has 0 saturated carbocycles. The van der Waals surface area contributed by atoms with Crippen LogP contribution >= 0.6 is 0 Å². The topological polar surface area (TPSA) is 53.0 Å². The maximum atomic E-state index is 8.53. The SMILES string of the molecule is CCC(C)N(CC)CC(N)C#N. The first kappa shape index (κ1) is 11.4. The highest BCUT2D eigenvalue weighted by atomic mass is 15.2. The van der Waals surface area contributed by atoms with Crippen LogP contribution in [-0.4, -0.2) is 30.1 Å². The Bertz CT molecular complexity index is 150. The van der Waals surface area contributed by atoms with Gasteiger partial charge in [0, 0.05) is 12.6 Å². The van der Waals surface area contributed by atoms with Crippen LogP contribution in [0.15, 0.2) is 0 Å². The summed E-state index contributed by atoms with van der Waals surface area (Å²) in [5.74, 6) is 0. The second-order valence-corrected chi connectivity index (χ2v) is 3.08. The van der Waals surface area contributed by atoms with E-state index in [0.29, 0.717) is 12.6 Å². The zero-order valence-electron chi connectivity index (χ0n) is 8.25. The molecular formula is C9H19N3.